The molecule has 0 radical (unpaired) electrons. The molecule has 1 amide bonds. The van der Waals surface area contributed by atoms with Gasteiger partial charge in [-0.25, -0.2) is 4.99 Å². The molecule has 0 aromatic heterocycles. The van der Waals surface area contributed by atoms with Gasteiger partial charge in [0.15, 0.2) is 5.75 Å². The lowest BCUT2D eigenvalue weighted by molar-refractivity contribution is 0.0763. The molecule has 0 atom stereocenters. The van der Waals surface area contributed by atoms with Gasteiger partial charge >= 0.3 is 0 Å². The molecule has 192 valence electrons. The summed E-state index contributed by atoms with van der Waals surface area (Å²) in [5.41, 5.74) is 3.29. The van der Waals surface area contributed by atoms with Crippen molar-refractivity contribution in [2.45, 2.75) is 13.3 Å². The van der Waals surface area contributed by atoms with E-state index in [-0.39, 0.29) is 5.91 Å². The third-order valence-electron chi connectivity index (χ3n) is 6.67. The number of hydrogen-bond acceptors (Lipinski definition) is 7. The predicted octanol–water partition coefficient (Wildman–Crippen LogP) is 5.05. The highest BCUT2D eigenvalue weighted by molar-refractivity contribution is 6.04. The molecule has 37 heavy (non-hydrogen) atoms. The zero-order chi connectivity index (χ0) is 25.9. The van der Waals surface area contributed by atoms with Crippen LogP contribution in [-0.4, -0.2) is 69.1 Å². The Morgan fingerprint density at radius 2 is 1.57 bits per heavy atom. The van der Waals surface area contributed by atoms with Gasteiger partial charge in [0.05, 0.1) is 26.9 Å². The topological polar surface area (TPSA) is 72.8 Å². The molecule has 8 nitrogen and oxygen atoms in total. The standard InChI is InChI=1S/C29H31N3O5/c1-19-6-8-25-27(14-19)37-26-9-7-21(34-2)18-24(26)28(30-25)31-10-5-11-32(13-12-31)29(33)20-15-22(35-3)17-23(16-20)36-4/h6-9,14-18H,5,10-13H2,1-4H3. The number of hydrogen-bond donors (Lipinski definition) is 0. The Morgan fingerprint density at radius 1 is 0.811 bits per heavy atom. The third-order valence-corrected chi connectivity index (χ3v) is 6.67. The van der Waals surface area contributed by atoms with Crippen LogP contribution in [0.25, 0.3) is 0 Å². The van der Waals surface area contributed by atoms with Crippen LogP contribution >= 0.6 is 0 Å². The average Bonchev–Trinajstić information content (AvgIpc) is 3.26. The Hall–Kier alpha value is -4.20. The van der Waals surface area contributed by atoms with E-state index >= 15 is 0 Å². The first-order chi connectivity index (χ1) is 18.0. The van der Waals surface area contributed by atoms with Gasteiger partial charge in [0, 0.05) is 37.8 Å². The minimum absolute atomic E-state index is 0.0481. The SMILES string of the molecule is COc1cc(OC)cc(C(=O)N2CCCN(C3=Nc4ccc(C)cc4Oc4ccc(OC)cc43)CC2)c1. The average molecular weight is 502 g/mol. The predicted molar refractivity (Wildman–Crippen MR) is 142 cm³/mol. The number of nitrogens with zero attached hydrogens (tertiary/aromatic N) is 3. The summed E-state index contributed by atoms with van der Waals surface area (Å²) >= 11 is 0. The smallest absolute Gasteiger partial charge is 0.254 e. The molecule has 0 aliphatic carbocycles. The second-order valence-corrected chi connectivity index (χ2v) is 9.10. The van der Waals surface area contributed by atoms with Crippen molar-refractivity contribution < 1.29 is 23.7 Å². The number of benzene rings is 3. The van der Waals surface area contributed by atoms with Gasteiger partial charge in [-0.1, -0.05) is 6.07 Å². The maximum Gasteiger partial charge on any atom is 0.254 e. The van der Waals surface area contributed by atoms with E-state index < -0.39 is 0 Å². The third kappa shape index (κ3) is 5.05. The van der Waals surface area contributed by atoms with Crippen LogP contribution in [0.3, 0.4) is 0 Å². The van der Waals surface area contributed by atoms with Gasteiger partial charge in [-0.2, -0.15) is 0 Å². The minimum Gasteiger partial charge on any atom is -0.497 e. The van der Waals surface area contributed by atoms with E-state index in [1.807, 2.05) is 48.2 Å². The van der Waals surface area contributed by atoms with E-state index in [1.165, 1.54) is 0 Å². The van der Waals surface area contributed by atoms with Gasteiger partial charge < -0.3 is 28.7 Å². The van der Waals surface area contributed by atoms with Crippen molar-refractivity contribution in [2.24, 2.45) is 4.99 Å². The lowest BCUT2D eigenvalue weighted by Gasteiger charge is -2.25. The van der Waals surface area contributed by atoms with Gasteiger partial charge in [0.1, 0.15) is 34.5 Å². The first kappa shape index (κ1) is 24.5. The summed E-state index contributed by atoms with van der Waals surface area (Å²) in [5, 5.41) is 0. The maximum absolute atomic E-state index is 13.4. The number of ether oxygens (including phenoxy) is 4. The van der Waals surface area contributed by atoms with Crippen molar-refractivity contribution in [1.29, 1.82) is 0 Å². The highest BCUT2D eigenvalue weighted by Gasteiger charge is 2.27. The van der Waals surface area contributed by atoms with Crippen molar-refractivity contribution >= 4 is 17.4 Å². The Balaban J connectivity index is 1.45. The summed E-state index contributed by atoms with van der Waals surface area (Å²) in [5.74, 6) is 4.13. The summed E-state index contributed by atoms with van der Waals surface area (Å²) < 4.78 is 22.5. The molecule has 2 aliphatic rings. The van der Waals surface area contributed by atoms with E-state index in [1.54, 1.807) is 39.5 Å². The largest absolute Gasteiger partial charge is 0.497 e. The molecule has 0 bridgehead atoms. The van der Waals surface area contributed by atoms with Gasteiger partial charge in [-0.15, -0.1) is 0 Å². The van der Waals surface area contributed by atoms with Crippen molar-refractivity contribution in [3.63, 3.8) is 0 Å². The van der Waals surface area contributed by atoms with Crippen LogP contribution in [0.5, 0.6) is 28.7 Å². The number of aliphatic imine (C=N–C) groups is 1. The van der Waals surface area contributed by atoms with Crippen molar-refractivity contribution in [1.82, 2.24) is 9.80 Å². The number of amidine groups is 1. The summed E-state index contributed by atoms with van der Waals surface area (Å²) in [7, 11) is 4.81. The van der Waals surface area contributed by atoms with Gasteiger partial charge in [-0.05, 0) is 61.4 Å². The fourth-order valence-corrected chi connectivity index (χ4v) is 4.67. The van der Waals surface area contributed by atoms with E-state index in [4.69, 9.17) is 23.9 Å². The quantitative estimate of drug-likeness (QED) is 0.498. The summed E-state index contributed by atoms with van der Waals surface area (Å²) in [6.07, 6.45) is 0.798. The molecule has 0 N–H and O–H groups in total. The molecular formula is C29H31N3O5. The van der Waals surface area contributed by atoms with Crippen LogP contribution in [-0.2, 0) is 0 Å². The first-order valence-corrected chi connectivity index (χ1v) is 12.3. The molecule has 0 saturated carbocycles. The number of methoxy groups -OCH3 is 3. The number of amides is 1. The van der Waals surface area contributed by atoms with Crippen LogP contribution < -0.4 is 18.9 Å². The number of aryl methyl sites for hydroxylation is 1. The van der Waals surface area contributed by atoms with E-state index in [0.29, 0.717) is 36.7 Å². The number of rotatable bonds is 4. The molecule has 3 aromatic carbocycles. The molecule has 8 heteroatoms. The molecule has 2 aliphatic heterocycles. The van der Waals surface area contributed by atoms with Crippen molar-refractivity contribution in [3.8, 4) is 28.7 Å². The fraction of sp³-hybridized carbons (Fsp3) is 0.310. The molecule has 1 fully saturated rings. The number of carbonyl (C=O) groups excluding carboxylic acids is 1. The van der Waals surface area contributed by atoms with Gasteiger partial charge in [-0.3, -0.25) is 4.79 Å². The lowest BCUT2D eigenvalue weighted by Crippen LogP contribution is -2.37. The second-order valence-electron chi connectivity index (χ2n) is 9.10. The van der Waals surface area contributed by atoms with Crippen LogP contribution in [0.15, 0.2) is 59.6 Å². The molecular weight excluding hydrogens is 470 g/mol. The zero-order valence-corrected chi connectivity index (χ0v) is 21.6. The van der Waals surface area contributed by atoms with Crippen LogP contribution in [0, 0.1) is 6.92 Å². The van der Waals surface area contributed by atoms with Crippen LogP contribution in [0.1, 0.15) is 27.9 Å². The lowest BCUT2D eigenvalue weighted by atomic mass is 10.1. The molecule has 0 spiro atoms. The molecule has 5 rings (SSSR count). The van der Waals surface area contributed by atoms with E-state index in [2.05, 4.69) is 4.90 Å². The normalized spacial score (nSPS) is 14.9. The highest BCUT2D eigenvalue weighted by atomic mass is 16.5. The Bertz CT molecular complexity index is 1330. The summed E-state index contributed by atoms with van der Waals surface area (Å²) in [6, 6.07) is 17.1. The first-order valence-electron chi connectivity index (χ1n) is 12.3. The fourth-order valence-electron chi connectivity index (χ4n) is 4.67. The highest BCUT2D eigenvalue weighted by Crippen LogP contribution is 2.40. The molecule has 1 saturated heterocycles. The van der Waals surface area contributed by atoms with Crippen LogP contribution in [0.4, 0.5) is 5.69 Å². The van der Waals surface area contributed by atoms with Crippen LogP contribution in [0.2, 0.25) is 0 Å². The van der Waals surface area contributed by atoms with Crippen molar-refractivity contribution in [2.75, 3.05) is 47.5 Å². The zero-order valence-electron chi connectivity index (χ0n) is 21.6. The summed E-state index contributed by atoms with van der Waals surface area (Å²) in [4.78, 5) is 22.6. The Labute approximate surface area is 217 Å². The minimum atomic E-state index is -0.0481. The number of carbonyl (C=O) groups is 1. The summed E-state index contributed by atoms with van der Waals surface area (Å²) in [6.45, 7) is 4.61. The van der Waals surface area contributed by atoms with E-state index in [9.17, 15) is 4.79 Å². The van der Waals surface area contributed by atoms with Gasteiger partial charge in [0.2, 0.25) is 0 Å². The van der Waals surface area contributed by atoms with E-state index in [0.717, 1.165) is 52.9 Å². The molecule has 0 unspecified atom stereocenters. The molecule has 2 heterocycles. The Morgan fingerprint density at radius 3 is 2.30 bits per heavy atom. The monoisotopic (exact) mass is 501 g/mol. The molecule has 3 aromatic rings. The van der Waals surface area contributed by atoms with Gasteiger partial charge in [0.25, 0.3) is 5.91 Å². The number of fused-ring (bicyclic) bond motifs is 2. The Kier molecular flexibility index (Phi) is 6.90. The van der Waals surface area contributed by atoms with Crippen molar-refractivity contribution in [3.05, 3.63) is 71.3 Å². The maximum atomic E-state index is 13.4. The second kappa shape index (κ2) is 10.4.